The monoisotopic (exact) mass is 309 g/mol. The zero-order chi connectivity index (χ0) is 16.5. The number of rotatable bonds is 5. The summed E-state index contributed by atoms with van der Waals surface area (Å²) in [5.41, 5.74) is -0.676. The van der Waals surface area contributed by atoms with Crippen LogP contribution in [0.1, 0.15) is 58.3 Å². The van der Waals surface area contributed by atoms with Gasteiger partial charge in [-0.3, -0.25) is 0 Å². The lowest BCUT2D eigenvalue weighted by atomic mass is 10.1. The standard InChI is InChI=1S/C15H23N3O4/c1-9(18-8-7-16-12(18)10-5-6-10)11(13(19)20)17-14(21)22-15(2,3)4/h7-11H,5-6H2,1-4H3,(H,17,21)(H,19,20). The number of carboxylic acid groups (broad SMARTS) is 1. The molecule has 1 fully saturated rings. The minimum atomic E-state index is -1.10. The van der Waals surface area contributed by atoms with Crippen molar-refractivity contribution in [2.45, 2.75) is 64.1 Å². The molecular formula is C15H23N3O4. The van der Waals surface area contributed by atoms with Crippen LogP contribution in [0.3, 0.4) is 0 Å². The number of nitrogens with zero attached hydrogens (tertiary/aromatic N) is 2. The van der Waals surface area contributed by atoms with Crippen molar-refractivity contribution in [3.05, 3.63) is 18.2 Å². The van der Waals surface area contributed by atoms with Crippen molar-refractivity contribution in [2.24, 2.45) is 0 Å². The Morgan fingerprint density at radius 3 is 2.59 bits per heavy atom. The number of carbonyl (C=O) groups is 2. The van der Waals surface area contributed by atoms with Gasteiger partial charge in [-0.2, -0.15) is 0 Å². The number of aromatic nitrogens is 2. The number of alkyl carbamates (subject to hydrolysis) is 1. The van der Waals surface area contributed by atoms with Gasteiger partial charge in [0.25, 0.3) is 0 Å². The molecule has 0 bridgehead atoms. The minimum Gasteiger partial charge on any atom is -0.480 e. The van der Waals surface area contributed by atoms with Crippen molar-refractivity contribution in [3.63, 3.8) is 0 Å². The molecule has 1 amide bonds. The zero-order valence-electron chi connectivity index (χ0n) is 13.4. The van der Waals surface area contributed by atoms with Crippen LogP contribution in [0.15, 0.2) is 12.4 Å². The predicted molar refractivity (Wildman–Crippen MR) is 79.7 cm³/mol. The van der Waals surface area contributed by atoms with Crippen molar-refractivity contribution >= 4 is 12.1 Å². The first-order chi connectivity index (χ1) is 10.2. The van der Waals surface area contributed by atoms with Crippen LogP contribution in [0.25, 0.3) is 0 Å². The maximum absolute atomic E-state index is 11.9. The molecule has 2 N–H and O–H groups in total. The molecule has 22 heavy (non-hydrogen) atoms. The smallest absolute Gasteiger partial charge is 0.408 e. The normalized spacial score (nSPS) is 17.6. The highest BCUT2D eigenvalue weighted by atomic mass is 16.6. The molecule has 1 aromatic heterocycles. The fraction of sp³-hybridized carbons (Fsp3) is 0.667. The molecule has 2 unspecified atom stereocenters. The topological polar surface area (TPSA) is 93.5 Å². The molecule has 122 valence electrons. The highest BCUT2D eigenvalue weighted by Crippen LogP contribution is 2.40. The number of carboxylic acids is 1. The molecule has 1 aliphatic rings. The molecule has 2 atom stereocenters. The number of aliphatic carboxylic acids is 1. The number of imidazole rings is 1. The van der Waals surface area contributed by atoms with Crippen LogP contribution in [-0.2, 0) is 9.53 Å². The minimum absolute atomic E-state index is 0.397. The van der Waals surface area contributed by atoms with Gasteiger partial charge in [0, 0.05) is 18.3 Å². The van der Waals surface area contributed by atoms with Crippen molar-refractivity contribution in [1.29, 1.82) is 0 Å². The summed E-state index contributed by atoms with van der Waals surface area (Å²) in [6.45, 7) is 6.94. The Hall–Kier alpha value is -2.05. The molecule has 0 aromatic carbocycles. The Labute approximate surface area is 129 Å². The number of hydrogen-bond donors (Lipinski definition) is 2. The second-order valence-corrected chi connectivity index (χ2v) is 6.67. The molecule has 1 aromatic rings. The van der Waals surface area contributed by atoms with Gasteiger partial charge in [-0.25, -0.2) is 14.6 Å². The number of carbonyl (C=O) groups excluding carboxylic acids is 1. The van der Waals surface area contributed by atoms with Gasteiger partial charge in [0.1, 0.15) is 17.5 Å². The highest BCUT2D eigenvalue weighted by Gasteiger charge is 2.34. The van der Waals surface area contributed by atoms with Crippen molar-refractivity contribution < 1.29 is 19.4 Å². The number of nitrogens with one attached hydrogen (secondary N) is 1. The fourth-order valence-corrected chi connectivity index (χ4v) is 2.31. The largest absolute Gasteiger partial charge is 0.480 e. The summed E-state index contributed by atoms with van der Waals surface area (Å²) in [6, 6.07) is -1.54. The van der Waals surface area contributed by atoms with Crippen molar-refractivity contribution in [3.8, 4) is 0 Å². The van der Waals surface area contributed by atoms with Crippen LogP contribution in [0, 0.1) is 0 Å². The quantitative estimate of drug-likeness (QED) is 0.870. The number of ether oxygens (including phenoxy) is 1. The van der Waals surface area contributed by atoms with E-state index in [1.54, 1.807) is 40.1 Å². The third-order valence-electron chi connectivity index (χ3n) is 3.50. The molecule has 0 saturated heterocycles. The van der Waals surface area contributed by atoms with E-state index in [2.05, 4.69) is 10.3 Å². The first-order valence-corrected chi connectivity index (χ1v) is 7.44. The van der Waals surface area contributed by atoms with E-state index < -0.39 is 29.7 Å². The van der Waals surface area contributed by atoms with Crippen LogP contribution in [-0.4, -0.2) is 38.4 Å². The van der Waals surface area contributed by atoms with Gasteiger partial charge in [-0.15, -0.1) is 0 Å². The molecule has 2 rings (SSSR count). The number of hydrogen-bond acceptors (Lipinski definition) is 4. The van der Waals surface area contributed by atoms with E-state index in [0.29, 0.717) is 5.92 Å². The van der Waals surface area contributed by atoms with Crippen molar-refractivity contribution in [2.75, 3.05) is 0 Å². The summed E-state index contributed by atoms with van der Waals surface area (Å²) in [7, 11) is 0. The zero-order valence-corrected chi connectivity index (χ0v) is 13.4. The summed E-state index contributed by atoms with van der Waals surface area (Å²) in [5, 5.41) is 11.9. The van der Waals surface area contributed by atoms with Gasteiger partial charge in [-0.05, 0) is 40.5 Å². The first kappa shape index (κ1) is 16.3. The molecule has 7 nitrogen and oxygen atoms in total. The van der Waals surface area contributed by atoms with Gasteiger partial charge < -0.3 is 19.7 Å². The van der Waals surface area contributed by atoms with Crippen LogP contribution in [0.2, 0.25) is 0 Å². The van der Waals surface area contributed by atoms with Gasteiger partial charge in [0.2, 0.25) is 0 Å². The lowest BCUT2D eigenvalue weighted by molar-refractivity contribution is -0.140. The van der Waals surface area contributed by atoms with E-state index >= 15 is 0 Å². The van der Waals surface area contributed by atoms with E-state index in [9.17, 15) is 14.7 Å². The lowest BCUT2D eigenvalue weighted by Crippen LogP contribution is -2.47. The van der Waals surface area contributed by atoms with Gasteiger partial charge in [-0.1, -0.05) is 0 Å². The molecule has 1 saturated carbocycles. The van der Waals surface area contributed by atoms with E-state index in [1.165, 1.54) is 0 Å². The average Bonchev–Trinajstić information content (AvgIpc) is 3.10. The molecule has 1 heterocycles. The Morgan fingerprint density at radius 1 is 1.45 bits per heavy atom. The summed E-state index contributed by atoms with van der Waals surface area (Å²) in [5.74, 6) is 0.173. The van der Waals surface area contributed by atoms with Crippen LogP contribution >= 0.6 is 0 Å². The Morgan fingerprint density at radius 2 is 2.09 bits per heavy atom. The Kier molecular flexibility index (Phi) is 4.44. The molecular weight excluding hydrogens is 286 g/mol. The van der Waals surface area contributed by atoms with Crippen molar-refractivity contribution in [1.82, 2.24) is 14.9 Å². The molecule has 0 spiro atoms. The molecule has 0 radical (unpaired) electrons. The van der Waals surface area contributed by atoms with Crippen LogP contribution < -0.4 is 5.32 Å². The molecule has 7 heteroatoms. The summed E-state index contributed by atoms with van der Waals surface area (Å²) in [6.07, 6.45) is 4.82. The Balaban J connectivity index is 2.11. The third-order valence-corrected chi connectivity index (χ3v) is 3.50. The second kappa shape index (κ2) is 5.98. The average molecular weight is 309 g/mol. The van der Waals surface area contributed by atoms with Crippen LogP contribution in [0.5, 0.6) is 0 Å². The van der Waals surface area contributed by atoms with E-state index in [0.717, 1.165) is 18.7 Å². The Bertz CT molecular complexity index is 557. The first-order valence-electron chi connectivity index (χ1n) is 7.44. The van der Waals surface area contributed by atoms with Crippen LogP contribution in [0.4, 0.5) is 4.79 Å². The summed E-state index contributed by atoms with van der Waals surface area (Å²) in [4.78, 5) is 27.7. The maximum Gasteiger partial charge on any atom is 0.408 e. The van der Waals surface area contributed by atoms with Gasteiger partial charge >= 0.3 is 12.1 Å². The van der Waals surface area contributed by atoms with Gasteiger partial charge in [0.05, 0.1) is 6.04 Å². The maximum atomic E-state index is 11.9. The number of amides is 1. The second-order valence-electron chi connectivity index (χ2n) is 6.67. The van der Waals surface area contributed by atoms with E-state index in [-0.39, 0.29) is 0 Å². The SMILES string of the molecule is CC(C(NC(=O)OC(C)(C)C)C(=O)O)n1ccnc1C1CC1. The predicted octanol–water partition coefficient (Wildman–Crippen LogP) is 2.30. The lowest BCUT2D eigenvalue weighted by Gasteiger charge is -2.26. The molecule has 0 aliphatic heterocycles. The van der Waals surface area contributed by atoms with Gasteiger partial charge in [0.15, 0.2) is 0 Å². The fourth-order valence-electron chi connectivity index (χ4n) is 2.31. The molecule has 1 aliphatic carbocycles. The third kappa shape index (κ3) is 3.99. The van der Waals surface area contributed by atoms with E-state index in [4.69, 9.17) is 4.74 Å². The highest BCUT2D eigenvalue weighted by molar-refractivity contribution is 5.80. The summed E-state index contributed by atoms with van der Waals surface area (Å²) >= 11 is 0. The van der Waals surface area contributed by atoms with E-state index in [1.807, 2.05) is 4.57 Å². The summed E-state index contributed by atoms with van der Waals surface area (Å²) < 4.78 is 6.96.